The highest BCUT2D eigenvalue weighted by atomic mass is 35.5. The Labute approximate surface area is 153 Å². The van der Waals surface area contributed by atoms with E-state index < -0.39 is 11.7 Å². The second-order valence-electron chi connectivity index (χ2n) is 6.09. The number of ketones is 1. The van der Waals surface area contributed by atoms with Crippen molar-refractivity contribution >= 4 is 50.5 Å². The van der Waals surface area contributed by atoms with Gasteiger partial charge in [-0.05, 0) is 30.3 Å². The Balaban J connectivity index is 1.54. The van der Waals surface area contributed by atoms with Crippen LogP contribution in [-0.4, -0.2) is 30.4 Å². The fourth-order valence-electron chi connectivity index (χ4n) is 3.01. The average molecular weight is 373 g/mol. The molecule has 0 spiro atoms. The van der Waals surface area contributed by atoms with Crippen molar-refractivity contribution in [3.8, 4) is 0 Å². The van der Waals surface area contributed by atoms with Crippen LogP contribution in [0.4, 0.5) is 5.69 Å². The quantitative estimate of drug-likeness (QED) is 0.714. The summed E-state index contributed by atoms with van der Waals surface area (Å²) in [6, 6.07) is 13.0. The zero-order valence-corrected chi connectivity index (χ0v) is 15.0. The fourth-order valence-corrected chi connectivity index (χ4v) is 4.26. The van der Waals surface area contributed by atoms with Gasteiger partial charge in [0.1, 0.15) is 11.6 Å². The van der Waals surface area contributed by atoms with Crippen LogP contribution in [0.5, 0.6) is 0 Å². The lowest BCUT2D eigenvalue weighted by Crippen LogP contribution is -3.09. The Morgan fingerprint density at radius 3 is 2.80 bits per heavy atom. The molecule has 7 heteroatoms. The maximum Gasteiger partial charge on any atom is 0.303 e. The van der Waals surface area contributed by atoms with E-state index in [1.165, 1.54) is 4.90 Å². The first-order valence-electron chi connectivity index (χ1n) is 7.84. The van der Waals surface area contributed by atoms with Crippen molar-refractivity contribution in [2.24, 2.45) is 0 Å². The number of benzene rings is 2. The van der Waals surface area contributed by atoms with Gasteiger partial charge in [-0.25, -0.2) is 4.98 Å². The van der Waals surface area contributed by atoms with Gasteiger partial charge in [0.2, 0.25) is 0 Å². The number of thiazole rings is 1. The van der Waals surface area contributed by atoms with Crippen LogP contribution in [0, 0.1) is 0 Å². The second kappa shape index (κ2) is 6.22. The summed E-state index contributed by atoms with van der Waals surface area (Å²) in [6.07, 6.45) is 0. The number of aromatic nitrogens is 1. The number of quaternary nitrogens is 1. The number of nitrogens with zero attached hydrogens (tertiary/aromatic N) is 2. The van der Waals surface area contributed by atoms with Crippen molar-refractivity contribution < 1.29 is 14.5 Å². The molecule has 2 heterocycles. The average Bonchev–Trinajstić information content (AvgIpc) is 3.09. The molecule has 0 saturated heterocycles. The molecule has 25 heavy (non-hydrogen) atoms. The summed E-state index contributed by atoms with van der Waals surface area (Å²) in [7, 11) is 1.98. The molecule has 0 bridgehead atoms. The number of amides is 1. The molecule has 4 rings (SSSR count). The number of hydrogen-bond acceptors (Lipinski definition) is 4. The van der Waals surface area contributed by atoms with E-state index in [9.17, 15) is 9.59 Å². The smallest absolute Gasteiger partial charge is 0.303 e. The number of carbonyl (C=O) groups is 2. The first kappa shape index (κ1) is 16.2. The molecule has 0 fully saturated rings. The van der Waals surface area contributed by atoms with Crippen molar-refractivity contribution in [1.82, 2.24) is 4.98 Å². The molecule has 3 aromatic rings. The predicted octanol–water partition coefficient (Wildman–Crippen LogP) is 2.15. The Morgan fingerprint density at radius 1 is 1.20 bits per heavy atom. The molecule has 1 amide bonds. The van der Waals surface area contributed by atoms with Crippen LogP contribution in [0.25, 0.3) is 10.2 Å². The SMILES string of the molecule is C[NH+](Cc1nc2ccccc2s1)CN1C(=O)C(=O)c2cc(Cl)ccc21. The maximum absolute atomic E-state index is 12.3. The summed E-state index contributed by atoms with van der Waals surface area (Å²) in [4.78, 5) is 31.7. The second-order valence-corrected chi connectivity index (χ2v) is 7.64. The number of halogens is 1. The van der Waals surface area contributed by atoms with Crippen LogP contribution in [0.3, 0.4) is 0 Å². The van der Waals surface area contributed by atoms with E-state index in [1.807, 2.05) is 25.2 Å². The van der Waals surface area contributed by atoms with Gasteiger partial charge in [0.25, 0.3) is 5.78 Å². The van der Waals surface area contributed by atoms with Gasteiger partial charge in [0.15, 0.2) is 6.67 Å². The molecule has 0 saturated carbocycles. The summed E-state index contributed by atoms with van der Waals surface area (Å²) in [5.41, 5.74) is 2.00. The molecule has 1 aliphatic heterocycles. The Bertz CT molecular complexity index is 968. The number of hydrogen-bond donors (Lipinski definition) is 1. The summed E-state index contributed by atoms with van der Waals surface area (Å²) >= 11 is 7.59. The van der Waals surface area contributed by atoms with Crippen LogP contribution in [0.2, 0.25) is 5.02 Å². The standard InChI is InChI=1S/C18H14ClN3O2S/c1-21(9-16-20-13-4-2-3-5-15(13)25-16)10-22-14-7-6-11(19)8-12(14)17(23)18(22)24/h2-8H,9-10H2,1H3/p+1. The first-order chi connectivity index (χ1) is 12.0. The normalized spacial score (nSPS) is 15.0. The van der Waals surface area contributed by atoms with E-state index in [0.717, 1.165) is 20.1 Å². The van der Waals surface area contributed by atoms with Crippen molar-refractivity contribution in [2.75, 3.05) is 18.6 Å². The number of carbonyl (C=O) groups excluding carboxylic acids is 2. The minimum Gasteiger partial charge on any atom is -0.314 e. The Hall–Kier alpha value is -2.28. The van der Waals surface area contributed by atoms with Gasteiger partial charge >= 0.3 is 5.91 Å². The summed E-state index contributed by atoms with van der Waals surface area (Å²) in [6.45, 7) is 1.08. The van der Waals surface area contributed by atoms with Crippen molar-refractivity contribution in [2.45, 2.75) is 6.54 Å². The number of Topliss-reactive ketones (excluding diaryl/α,β-unsaturated/α-hetero) is 1. The monoisotopic (exact) mass is 372 g/mol. The van der Waals surface area contributed by atoms with Gasteiger partial charge in [-0.1, -0.05) is 23.7 Å². The highest BCUT2D eigenvalue weighted by molar-refractivity contribution is 7.18. The van der Waals surface area contributed by atoms with Gasteiger partial charge in [-0.3, -0.25) is 14.5 Å². The number of nitrogens with one attached hydrogen (secondary N) is 1. The lowest BCUT2D eigenvalue weighted by Gasteiger charge is -2.21. The molecular formula is C18H15ClN3O2S+. The van der Waals surface area contributed by atoms with Crippen LogP contribution in [0.1, 0.15) is 15.4 Å². The molecule has 1 aromatic heterocycles. The number of rotatable bonds is 4. The molecular weight excluding hydrogens is 358 g/mol. The van der Waals surface area contributed by atoms with E-state index in [0.29, 0.717) is 29.5 Å². The third-order valence-electron chi connectivity index (χ3n) is 4.15. The van der Waals surface area contributed by atoms with Crippen LogP contribution in [-0.2, 0) is 11.3 Å². The van der Waals surface area contributed by atoms with Crippen LogP contribution < -0.4 is 9.80 Å². The predicted molar refractivity (Wildman–Crippen MR) is 98.3 cm³/mol. The largest absolute Gasteiger partial charge is 0.314 e. The molecule has 1 atom stereocenters. The zero-order chi connectivity index (χ0) is 17.6. The lowest BCUT2D eigenvalue weighted by molar-refractivity contribution is -0.892. The van der Waals surface area contributed by atoms with E-state index in [-0.39, 0.29) is 0 Å². The number of para-hydroxylation sites is 1. The number of fused-ring (bicyclic) bond motifs is 2. The Morgan fingerprint density at radius 2 is 2.00 bits per heavy atom. The first-order valence-corrected chi connectivity index (χ1v) is 9.04. The van der Waals surface area contributed by atoms with Crippen molar-refractivity contribution in [3.63, 3.8) is 0 Å². The highest BCUT2D eigenvalue weighted by Gasteiger charge is 2.37. The third kappa shape index (κ3) is 2.93. The molecule has 5 nitrogen and oxygen atoms in total. The Kier molecular flexibility index (Phi) is 4.03. The van der Waals surface area contributed by atoms with E-state index >= 15 is 0 Å². The van der Waals surface area contributed by atoms with Gasteiger partial charge < -0.3 is 4.90 Å². The van der Waals surface area contributed by atoms with E-state index in [4.69, 9.17) is 11.6 Å². The molecule has 2 aromatic carbocycles. The minimum absolute atomic E-state index is 0.380. The van der Waals surface area contributed by atoms with Gasteiger partial charge in [-0.2, -0.15) is 0 Å². The van der Waals surface area contributed by atoms with Crippen LogP contribution >= 0.6 is 22.9 Å². The van der Waals surface area contributed by atoms with Gasteiger partial charge in [0, 0.05) is 5.02 Å². The van der Waals surface area contributed by atoms with Crippen molar-refractivity contribution in [3.05, 3.63) is 58.1 Å². The molecule has 0 aliphatic carbocycles. The van der Waals surface area contributed by atoms with E-state index in [1.54, 1.807) is 29.5 Å². The summed E-state index contributed by atoms with van der Waals surface area (Å²) in [5.74, 6) is -0.994. The molecule has 1 N–H and O–H groups in total. The van der Waals surface area contributed by atoms with Gasteiger partial charge in [-0.15, -0.1) is 11.3 Å². The molecule has 126 valence electrons. The van der Waals surface area contributed by atoms with Gasteiger partial charge in [0.05, 0.1) is 28.5 Å². The third-order valence-corrected chi connectivity index (χ3v) is 5.42. The zero-order valence-electron chi connectivity index (χ0n) is 13.5. The van der Waals surface area contributed by atoms with Crippen LogP contribution in [0.15, 0.2) is 42.5 Å². The number of anilines is 1. The van der Waals surface area contributed by atoms with E-state index in [2.05, 4.69) is 11.1 Å². The maximum atomic E-state index is 12.3. The van der Waals surface area contributed by atoms with Crippen molar-refractivity contribution in [1.29, 1.82) is 0 Å². The molecule has 1 aliphatic rings. The lowest BCUT2D eigenvalue weighted by atomic mass is 10.1. The fraction of sp³-hybridized carbons (Fsp3) is 0.167. The topological polar surface area (TPSA) is 54.7 Å². The summed E-state index contributed by atoms with van der Waals surface area (Å²) < 4.78 is 1.15. The minimum atomic E-state index is -0.499. The molecule has 1 unspecified atom stereocenters. The molecule has 0 radical (unpaired) electrons. The highest BCUT2D eigenvalue weighted by Crippen LogP contribution is 2.30. The summed E-state index contributed by atoms with van der Waals surface area (Å²) in [5, 5.41) is 1.46.